The first-order valence-electron chi connectivity index (χ1n) is 9.25. The molecule has 0 atom stereocenters. The number of anilines is 4. The topological polar surface area (TPSA) is 110 Å². The monoisotopic (exact) mass is 374 g/mol. The largest absolute Gasteiger partial charge is 0.397 e. The summed E-state index contributed by atoms with van der Waals surface area (Å²) in [5.74, 6) is -0.0480. The second-order valence-corrected chi connectivity index (χ2v) is 6.80. The van der Waals surface area contributed by atoms with E-state index in [1.54, 1.807) is 24.4 Å². The average Bonchev–Trinajstić information content (AvgIpc) is 3.23. The molecule has 4 rings (SSSR count). The van der Waals surface area contributed by atoms with E-state index in [2.05, 4.69) is 26.3 Å². The molecule has 28 heavy (non-hydrogen) atoms. The normalized spacial score (nSPS) is 13.5. The van der Waals surface area contributed by atoms with Crippen molar-refractivity contribution in [2.75, 3.05) is 29.0 Å². The van der Waals surface area contributed by atoms with Crippen molar-refractivity contribution >= 4 is 28.9 Å². The van der Waals surface area contributed by atoms with Crippen LogP contribution < -0.4 is 21.7 Å². The van der Waals surface area contributed by atoms with E-state index in [0.29, 0.717) is 17.2 Å². The van der Waals surface area contributed by atoms with Gasteiger partial charge in [-0.15, -0.1) is 0 Å². The molecule has 1 aliphatic rings. The molecule has 1 saturated heterocycles. The molecule has 0 unspecified atom stereocenters. The Labute approximate surface area is 163 Å². The molecule has 1 aromatic heterocycles. The first kappa shape index (κ1) is 17.8. The smallest absolute Gasteiger partial charge is 0.248 e. The van der Waals surface area contributed by atoms with Gasteiger partial charge in [0.2, 0.25) is 11.9 Å². The number of nitrogens with zero attached hydrogens (tertiary/aromatic N) is 3. The van der Waals surface area contributed by atoms with Gasteiger partial charge in [0.05, 0.1) is 17.1 Å². The third-order valence-electron chi connectivity index (χ3n) is 4.83. The molecule has 1 amide bonds. The summed E-state index contributed by atoms with van der Waals surface area (Å²) in [5, 5.41) is 3.11. The minimum atomic E-state index is -0.480. The van der Waals surface area contributed by atoms with E-state index in [1.807, 2.05) is 24.3 Å². The first-order chi connectivity index (χ1) is 13.6. The van der Waals surface area contributed by atoms with Crippen LogP contribution in [0, 0.1) is 0 Å². The summed E-state index contributed by atoms with van der Waals surface area (Å²) in [6.07, 6.45) is 4.10. The number of aromatic nitrogens is 2. The number of hydrogen-bond donors (Lipinski definition) is 3. The summed E-state index contributed by atoms with van der Waals surface area (Å²) in [6.45, 7) is 2.10. The summed E-state index contributed by atoms with van der Waals surface area (Å²) in [5.41, 5.74) is 16.3. The van der Waals surface area contributed by atoms with Crippen LogP contribution in [0.5, 0.6) is 0 Å². The minimum absolute atomic E-state index is 0.423. The molecule has 2 heterocycles. The van der Waals surface area contributed by atoms with Gasteiger partial charge in [-0.1, -0.05) is 12.1 Å². The van der Waals surface area contributed by atoms with Gasteiger partial charge in [0.15, 0.2) is 0 Å². The molecule has 7 heteroatoms. The summed E-state index contributed by atoms with van der Waals surface area (Å²) in [4.78, 5) is 22.5. The molecule has 0 bridgehead atoms. The van der Waals surface area contributed by atoms with E-state index >= 15 is 0 Å². The number of amides is 1. The predicted octanol–water partition coefficient (Wildman–Crippen LogP) is 3.17. The zero-order valence-electron chi connectivity index (χ0n) is 15.4. The van der Waals surface area contributed by atoms with Gasteiger partial charge in [0.25, 0.3) is 0 Å². The van der Waals surface area contributed by atoms with E-state index in [0.717, 1.165) is 35.7 Å². The van der Waals surface area contributed by atoms with E-state index < -0.39 is 5.91 Å². The van der Waals surface area contributed by atoms with Crippen LogP contribution in [0.15, 0.2) is 54.7 Å². The van der Waals surface area contributed by atoms with Gasteiger partial charge >= 0.3 is 0 Å². The molecular weight excluding hydrogens is 352 g/mol. The highest BCUT2D eigenvalue weighted by atomic mass is 16.1. The molecule has 142 valence electrons. The Morgan fingerprint density at radius 3 is 2.64 bits per heavy atom. The number of hydrogen-bond acceptors (Lipinski definition) is 6. The van der Waals surface area contributed by atoms with Gasteiger partial charge in [0, 0.05) is 36.1 Å². The van der Waals surface area contributed by atoms with Crippen molar-refractivity contribution in [1.29, 1.82) is 0 Å². The van der Waals surface area contributed by atoms with Gasteiger partial charge < -0.3 is 21.7 Å². The first-order valence-corrected chi connectivity index (χ1v) is 9.25. The van der Waals surface area contributed by atoms with E-state index in [-0.39, 0.29) is 0 Å². The summed E-state index contributed by atoms with van der Waals surface area (Å²) in [7, 11) is 0. The molecular formula is C21H22N6O. The summed E-state index contributed by atoms with van der Waals surface area (Å²) < 4.78 is 0. The Morgan fingerprint density at radius 2 is 1.89 bits per heavy atom. The number of primary amides is 1. The fourth-order valence-corrected chi connectivity index (χ4v) is 3.42. The van der Waals surface area contributed by atoms with Crippen LogP contribution in [0.2, 0.25) is 0 Å². The van der Waals surface area contributed by atoms with Crippen molar-refractivity contribution in [3.05, 3.63) is 60.3 Å². The number of rotatable bonds is 5. The lowest BCUT2D eigenvalue weighted by atomic mass is 10.1. The Balaban J connectivity index is 1.57. The number of carbonyl (C=O) groups is 1. The highest BCUT2D eigenvalue weighted by molar-refractivity contribution is 5.93. The fourth-order valence-electron chi connectivity index (χ4n) is 3.42. The van der Waals surface area contributed by atoms with Crippen molar-refractivity contribution in [3.8, 4) is 11.3 Å². The second-order valence-electron chi connectivity index (χ2n) is 6.80. The van der Waals surface area contributed by atoms with E-state index in [1.165, 1.54) is 12.8 Å². The van der Waals surface area contributed by atoms with Crippen LogP contribution in [0.1, 0.15) is 23.2 Å². The van der Waals surface area contributed by atoms with E-state index in [4.69, 9.17) is 11.5 Å². The lowest BCUT2D eigenvalue weighted by Gasteiger charge is -2.20. The quantitative estimate of drug-likeness (QED) is 0.592. The maximum absolute atomic E-state index is 11.3. The summed E-state index contributed by atoms with van der Waals surface area (Å²) in [6, 6.07) is 14.8. The lowest BCUT2D eigenvalue weighted by Crippen LogP contribution is -2.18. The van der Waals surface area contributed by atoms with Gasteiger partial charge in [-0.25, -0.2) is 9.97 Å². The summed E-state index contributed by atoms with van der Waals surface area (Å²) >= 11 is 0. The third kappa shape index (κ3) is 3.73. The van der Waals surface area contributed by atoms with Crippen molar-refractivity contribution in [2.24, 2.45) is 5.73 Å². The molecule has 0 radical (unpaired) electrons. The zero-order valence-corrected chi connectivity index (χ0v) is 15.4. The van der Waals surface area contributed by atoms with Crippen LogP contribution in [-0.2, 0) is 0 Å². The molecule has 7 nitrogen and oxygen atoms in total. The molecule has 5 N–H and O–H groups in total. The SMILES string of the molecule is NC(=O)c1cccc(Nc2nccc(-c3ccc(N4CCCC4)c(N)c3)n2)c1. The Morgan fingerprint density at radius 1 is 1.07 bits per heavy atom. The van der Waals surface area contributed by atoms with Crippen molar-refractivity contribution in [2.45, 2.75) is 12.8 Å². The number of carbonyl (C=O) groups excluding carboxylic acids is 1. The van der Waals surface area contributed by atoms with Crippen molar-refractivity contribution in [1.82, 2.24) is 9.97 Å². The van der Waals surface area contributed by atoms with Gasteiger partial charge in [0.1, 0.15) is 0 Å². The van der Waals surface area contributed by atoms with Crippen LogP contribution >= 0.6 is 0 Å². The fraction of sp³-hybridized carbons (Fsp3) is 0.190. The van der Waals surface area contributed by atoms with Crippen LogP contribution in [-0.4, -0.2) is 29.0 Å². The maximum Gasteiger partial charge on any atom is 0.248 e. The maximum atomic E-state index is 11.3. The second kappa shape index (κ2) is 7.56. The van der Waals surface area contributed by atoms with Gasteiger partial charge in [-0.05, 0) is 49.2 Å². The molecule has 1 fully saturated rings. The minimum Gasteiger partial charge on any atom is -0.397 e. The molecule has 3 aromatic rings. The highest BCUT2D eigenvalue weighted by Gasteiger charge is 2.15. The third-order valence-corrected chi connectivity index (χ3v) is 4.83. The van der Waals surface area contributed by atoms with Gasteiger partial charge in [-0.2, -0.15) is 0 Å². The van der Waals surface area contributed by atoms with Crippen LogP contribution in [0.3, 0.4) is 0 Å². The average molecular weight is 374 g/mol. The van der Waals surface area contributed by atoms with Crippen molar-refractivity contribution < 1.29 is 4.79 Å². The Bertz CT molecular complexity index is 1010. The highest BCUT2D eigenvalue weighted by Crippen LogP contribution is 2.31. The number of nitrogen functional groups attached to an aromatic ring is 1. The number of nitrogens with two attached hydrogens (primary N) is 2. The molecule has 1 aliphatic heterocycles. The molecule has 0 spiro atoms. The predicted molar refractivity (Wildman–Crippen MR) is 112 cm³/mol. The molecule has 0 aliphatic carbocycles. The van der Waals surface area contributed by atoms with E-state index in [9.17, 15) is 4.79 Å². The standard InChI is InChI=1S/C21H22N6O/c22-17-13-14(6-7-19(17)27-10-1-2-11-27)18-8-9-24-21(26-18)25-16-5-3-4-15(12-16)20(23)28/h3-9,12-13H,1-2,10-11,22H2,(H2,23,28)(H,24,25,26). The molecule has 2 aromatic carbocycles. The Kier molecular flexibility index (Phi) is 4.80. The Hall–Kier alpha value is -3.61. The number of nitrogens with one attached hydrogen (secondary N) is 1. The van der Waals surface area contributed by atoms with Crippen LogP contribution in [0.4, 0.5) is 23.0 Å². The van der Waals surface area contributed by atoms with Crippen LogP contribution in [0.25, 0.3) is 11.3 Å². The number of benzene rings is 2. The molecule has 0 saturated carbocycles. The zero-order chi connectivity index (χ0) is 19.5. The lowest BCUT2D eigenvalue weighted by molar-refractivity contribution is 0.100. The van der Waals surface area contributed by atoms with Crippen molar-refractivity contribution in [3.63, 3.8) is 0 Å². The van der Waals surface area contributed by atoms with Gasteiger partial charge in [-0.3, -0.25) is 4.79 Å².